The zero-order chi connectivity index (χ0) is 31.8. The predicted molar refractivity (Wildman–Crippen MR) is 207 cm³/mol. The van der Waals surface area contributed by atoms with Crippen LogP contribution in [-0.4, -0.2) is 18.9 Å². The molecule has 0 aliphatic heterocycles. The molecule has 0 fully saturated rings. The largest absolute Gasteiger partial charge is 0.307 e. The van der Waals surface area contributed by atoms with Crippen molar-refractivity contribution >= 4 is 102 Å². The van der Waals surface area contributed by atoms with E-state index in [1.807, 2.05) is 0 Å². The molecule has 0 spiro atoms. The second-order valence-electron chi connectivity index (χ2n) is 12.9. The van der Waals surface area contributed by atoms with Gasteiger partial charge in [-0.15, -0.1) is 11.3 Å². The highest BCUT2D eigenvalue weighted by molar-refractivity contribution is 7.25. The van der Waals surface area contributed by atoms with Crippen LogP contribution in [0.5, 0.6) is 0 Å². The summed E-state index contributed by atoms with van der Waals surface area (Å²) in [6, 6.07) is 52.5. The summed E-state index contributed by atoms with van der Waals surface area (Å²) in [5, 5.41) is 12.2. The van der Waals surface area contributed by atoms with Gasteiger partial charge in [-0.2, -0.15) is 0 Å². The summed E-state index contributed by atoms with van der Waals surface area (Å²) >= 11 is 1.74. The van der Waals surface area contributed by atoms with Crippen LogP contribution in [0.3, 0.4) is 0 Å². The molecule has 0 saturated heterocycles. The molecule has 5 heterocycles. The van der Waals surface area contributed by atoms with Crippen LogP contribution < -0.4 is 0 Å². The lowest BCUT2D eigenvalue weighted by molar-refractivity contribution is 1.02. The zero-order valence-corrected chi connectivity index (χ0v) is 26.9. The van der Waals surface area contributed by atoms with E-state index < -0.39 is 0 Å². The summed E-state index contributed by atoms with van der Waals surface area (Å²) < 4.78 is 6.05. The Labute approximate surface area is 283 Å². The van der Waals surface area contributed by atoms with Crippen LogP contribution in [0.25, 0.3) is 108 Å². The molecule has 0 N–H and O–H groups in total. The summed E-state index contributed by atoms with van der Waals surface area (Å²) in [6.45, 7) is 0. The molecule has 5 aromatic heterocycles. The van der Waals surface area contributed by atoms with Crippen LogP contribution in [0, 0.1) is 0 Å². The van der Waals surface area contributed by atoms with E-state index in [4.69, 9.17) is 9.97 Å². The maximum absolute atomic E-state index is 5.50. The predicted octanol–water partition coefficient (Wildman–Crippen LogP) is 11.9. The molecule has 12 aromatic rings. The smallest absolute Gasteiger partial charge is 0.236 e. The minimum Gasteiger partial charge on any atom is -0.307 e. The van der Waals surface area contributed by atoms with Gasteiger partial charge >= 0.3 is 0 Å². The van der Waals surface area contributed by atoms with E-state index in [2.05, 4.69) is 155 Å². The van der Waals surface area contributed by atoms with Crippen molar-refractivity contribution in [3.8, 4) is 17.2 Å². The van der Waals surface area contributed by atoms with Crippen LogP contribution in [0.1, 0.15) is 0 Å². The highest BCUT2D eigenvalue weighted by Gasteiger charge is 2.26. The van der Waals surface area contributed by atoms with Crippen molar-refractivity contribution in [3.63, 3.8) is 0 Å². The Kier molecular flexibility index (Phi) is 4.83. The summed E-state index contributed by atoms with van der Waals surface area (Å²) in [7, 11) is 0. The SMILES string of the molecule is c1ccc(-c2nc(-n3c4ccccc4c4cc5c6ccc7ccccc7c6n6c7ccccc7c(c43)c56)nc3sc4ccccc4c23)cc1. The second kappa shape index (κ2) is 9.19. The molecule has 4 nitrogen and oxygen atoms in total. The highest BCUT2D eigenvalue weighted by atomic mass is 32.1. The van der Waals surface area contributed by atoms with Gasteiger partial charge < -0.3 is 4.40 Å². The molecule has 0 aliphatic rings. The summed E-state index contributed by atoms with van der Waals surface area (Å²) in [5.74, 6) is 0.692. The van der Waals surface area contributed by atoms with Crippen LogP contribution in [0.2, 0.25) is 0 Å². The van der Waals surface area contributed by atoms with Crippen LogP contribution in [-0.2, 0) is 0 Å². The number of hydrogen-bond acceptors (Lipinski definition) is 3. The molecule has 226 valence electrons. The molecule has 0 aliphatic carbocycles. The average molecular weight is 641 g/mol. The minimum absolute atomic E-state index is 0.692. The molecule has 49 heavy (non-hydrogen) atoms. The van der Waals surface area contributed by atoms with Crippen LogP contribution in [0.4, 0.5) is 0 Å². The Balaban J connectivity index is 1.33. The molecule has 7 aromatic carbocycles. The van der Waals surface area contributed by atoms with Crippen LogP contribution in [0.15, 0.2) is 146 Å². The van der Waals surface area contributed by atoms with Gasteiger partial charge in [-0.1, -0.05) is 121 Å². The zero-order valence-electron chi connectivity index (χ0n) is 26.1. The molecule has 0 atom stereocenters. The van der Waals surface area contributed by atoms with Gasteiger partial charge in [-0.3, -0.25) is 4.57 Å². The van der Waals surface area contributed by atoms with Crippen molar-refractivity contribution in [2.24, 2.45) is 0 Å². The third kappa shape index (κ3) is 3.23. The van der Waals surface area contributed by atoms with Gasteiger partial charge in [0.05, 0.1) is 33.3 Å². The molecule has 0 saturated carbocycles. The first-order valence-electron chi connectivity index (χ1n) is 16.6. The number of fused-ring (bicyclic) bond motifs is 15. The molecule has 0 bridgehead atoms. The van der Waals surface area contributed by atoms with E-state index in [9.17, 15) is 0 Å². The highest BCUT2D eigenvalue weighted by Crippen LogP contribution is 2.48. The number of rotatable bonds is 2. The van der Waals surface area contributed by atoms with E-state index in [0.717, 1.165) is 32.5 Å². The van der Waals surface area contributed by atoms with Crippen molar-refractivity contribution in [1.29, 1.82) is 0 Å². The number of hydrogen-bond donors (Lipinski definition) is 0. The average Bonchev–Trinajstić information content (AvgIpc) is 3.90. The summed E-state index contributed by atoms with van der Waals surface area (Å²) in [4.78, 5) is 11.9. The Morgan fingerprint density at radius 1 is 0.449 bits per heavy atom. The van der Waals surface area contributed by atoms with E-state index in [1.54, 1.807) is 11.3 Å². The van der Waals surface area contributed by atoms with E-state index in [-0.39, 0.29) is 0 Å². The fourth-order valence-corrected chi connectivity index (χ4v) is 9.55. The number of thiophene rings is 1. The Hall–Kier alpha value is -6.30. The Morgan fingerprint density at radius 3 is 2.02 bits per heavy atom. The van der Waals surface area contributed by atoms with Crippen molar-refractivity contribution < 1.29 is 0 Å². The summed E-state index contributed by atoms with van der Waals surface area (Å²) in [6.07, 6.45) is 0. The third-order valence-corrected chi connectivity index (χ3v) is 11.5. The fourth-order valence-electron chi connectivity index (χ4n) is 8.48. The van der Waals surface area contributed by atoms with E-state index >= 15 is 0 Å². The van der Waals surface area contributed by atoms with E-state index in [1.165, 1.54) is 69.7 Å². The van der Waals surface area contributed by atoms with Gasteiger partial charge in [0, 0.05) is 58.7 Å². The maximum Gasteiger partial charge on any atom is 0.236 e. The lowest BCUT2D eigenvalue weighted by Crippen LogP contribution is -2.03. The molecule has 5 heteroatoms. The Bertz CT molecular complexity index is 3330. The van der Waals surface area contributed by atoms with Crippen molar-refractivity contribution in [1.82, 2.24) is 18.9 Å². The number of para-hydroxylation sites is 2. The van der Waals surface area contributed by atoms with Crippen molar-refractivity contribution in [2.75, 3.05) is 0 Å². The molecule has 0 unspecified atom stereocenters. The van der Waals surface area contributed by atoms with Crippen molar-refractivity contribution in [2.45, 2.75) is 0 Å². The lowest BCUT2D eigenvalue weighted by atomic mass is 10.0. The maximum atomic E-state index is 5.50. The standard InChI is InChI=1S/C44H24N4S/c1-2-13-26(14-3-1)39-37-31-18-8-11-21-36(31)49-43(37)46-44(45-39)48-34-19-9-6-16-28(34)32-24-33-29-23-22-25-12-4-5-15-27(25)40(29)47-35-20-10-7-17-30(35)38(41(33)47)42(32)48/h1-24H. The van der Waals surface area contributed by atoms with Gasteiger partial charge in [-0.05, 0) is 29.7 Å². The normalized spacial score (nSPS) is 12.5. The quantitative estimate of drug-likeness (QED) is 0.188. The first-order chi connectivity index (χ1) is 24.3. The fraction of sp³-hybridized carbons (Fsp3) is 0. The van der Waals surface area contributed by atoms with Crippen molar-refractivity contribution in [3.05, 3.63) is 146 Å². The van der Waals surface area contributed by atoms with Gasteiger partial charge in [0.2, 0.25) is 5.95 Å². The molecular formula is C44H24N4S. The van der Waals surface area contributed by atoms with Gasteiger partial charge in [0.1, 0.15) is 4.83 Å². The minimum atomic E-state index is 0.692. The molecule has 12 rings (SSSR count). The first-order valence-corrected chi connectivity index (χ1v) is 17.4. The van der Waals surface area contributed by atoms with E-state index in [0.29, 0.717) is 5.95 Å². The molecule has 0 radical (unpaired) electrons. The second-order valence-corrected chi connectivity index (χ2v) is 14.0. The monoisotopic (exact) mass is 640 g/mol. The number of benzene rings is 7. The number of aromatic nitrogens is 4. The topological polar surface area (TPSA) is 35.1 Å². The van der Waals surface area contributed by atoms with Gasteiger partial charge in [-0.25, -0.2) is 9.97 Å². The lowest BCUT2D eigenvalue weighted by Gasteiger charge is -2.11. The van der Waals surface area contributed by atoms with Gasteiger partial charge in [0.15, 0.2) is 0 Å². The molecule has 0 amide bonds. The Morgan fingerprint density at radius 2 is 1.14 bits per heavy atom. The third-order valence-electron chi connectivity index (χ3n) is 10.5. The number of nitrogens with zero attached hydrogens (tertiary/aromatic N) is 4. The van der Waals surface area contributed by atoms with Crippen LogP contribution >= 0.6 is 11.3 Å². The van der Waals surface area contributed by atoms with Gasteiger partial charge in [0.25, 0.3) is 0 Å². The first kappa shape index (κ1) is 25.7. The molecular weight excluding hydrogens is 617 g/mol. The summed E-state index contributed by atoms with van der Waals surface area (Å²) in [5.41, 5.74) is 8.02.